The normalized spacial score (nSPS) is 13.7. The molecule has 1 fully saturated rings. The van der Waals surface area contributed by atoms with Gasteiger partial charge in [0.05, 0.1) is 22.1 Å². The highest BCUT2D eigenvalue weighted by molar-refractivity contribution is 6.32. The van der Waals surface area contributed by atoms with Gasteiger partial charge in [0, 0.05) is 18.7 Å². The molecular formula is C30H30ClN3O2. The van der Waals surface area contributed by atoms with E-state index >= 15 is 0 Å². The standard InChI is InChI=1S/C30H30ClN3O2/c1-21(2)27-20-29(34(32-27)28-12-5-4-11-26(28)31)23-15-13-22(14-16-23)24-9-8-10-25(19-24)36-30(35)33-17-6-3-7-18-33/h4-5,8-16,19-21H,3,6-7,17-18H2,1-2H3. The molecular weight excluding hydrogens is 470 g/mol. The highest BCUT2D eigenvalue weighted by Crippen LogP contribution is 2.32. The third-order valence-electron chi connectivity index (χ3n) is 6.57. The van der Waals surface area contributed by atoms with Gasteiger partial charge in [-0.25, -0.2) is 9.48 Å². The van der Waals surface area contributed by atoms with Gasteiger partial charge in [-0.05, 0) is 66.6 Å². The molecule has 1 aliphatic heterocycles. The molecule has 0 N–H and O–H groups in total. The van der Waals surface area contributed by atoms with Gasteiger partial charge in [-0.2, -0.15) is 5.10 Å². The smallest absolute Gasteiger partial charge is 0.410 e. The van der Waals surface area contributed by atoms with Crippen molar-refractivity contribution in [2.24, 2.45) is 0 Å². The maximum atomic E-state index is 12.5. The Morgan fingerprint density at radius 3 is 2.31 bits per heavy atom. The molecule has 0 saturated carbocycles. The van der Waals surface area contributed by atoms with Crippen LogP contribution in [0.25, 0.3) is 28.1 Å². The zero-order chi connectivity index (χ0) is 25.1. The SMILES string of the molecule is CC(C)c1cc(-c2ccc(-c3cccc(OC(=O)N4CCCCC4)c3)cc2)n(-c2ccccc2Cl)n1. The van der Waals surface area contributed by atoms with Crippen LogP contribution in [0.3, 0.4) is 0 Å². The van der Waals surface area contributed by atoms with Gasteiger partial charge in [-0.1, -0.05) is 74.0 Å². The van der Waals surface area contributed by atoms with E-state index in [1.165, 1.54) is 6.42 Å². The van der Waals surface area contributed by atoms with Gasteiger partial charge in [0.25, 0.3) is 0 Å². The van der Waals surface area contributed by atoms with Crippen molar-refractivity contribution in [3.05, 3.63) is 89.6 Å². The molecule has 0 radical (unpaired) electrons. The highest BCUT2D eigenvalue weighted by Gasteiger charge is 2.19. The van der Waals surface area contributed by atoms with Gasteiger partial charge in [0.2, 0.25) is 0 Å². The second kappa shape index (κ2) is 10.6. The van der Waals surface area contributed by atoms with Crippen molar-refractivity contribution < 1.29 is 9.53 Å². The van der Waals surface area contributed by atoms with Crippen molar-refractivity contribution in [3.8, 4) is 33.8 Å². The molecule has 0 atom stereocenters. The number of halogens is 1. The Hall–Kier alpha value is -3.57. The van der Waals surface area contributed by atoms with Crippen molar-refractivity contribution in [2.75, 3.05) is 13.1 Å². The average Bonchev–Trinajstić information content (AvgIpc) is 3.35. The number of amides is 1. The van der Waals surface area contributed by atoms with Crippen LogP contribution in [0, 0.1) is 0 Å². The third kappa shape index (κ3) is 5.17. The lowest BCUT2D eigenvalue weighted by Crippen LogP contribution is -2.37. The number of carbonyl (C=O) groups is 1. The Morgan fingerprint density at radius 2 is 1.58 bits per heavy atom. The van der Waals surface area contributed by atoms with E-state index in [9.17, 15) is 4.79 Å². The molecule has 0 bridgehead atoms. The Kier molecular flexibility index (Phi) is 7.10. The fourth-order valence-electron chi connectivity index (χ4n) is 4.51. The van der Waals surface area contributed by atoms with Crippen molar-refractivity contribution in [3.63, 3.8) is 0 Å². The van der Waals surface area contributed by atoms with Crippen molar-refractivity contribution >= 4 is 17.7 Å². The third-order valence-corrected chi connectivity index (χ3v) is 6.89. The summed E-state index contributed by atoms with van der Waals surface area (Å²) in [6.07, 6.45) is 2.98. The summed E-state index contributed by atoms with van der Waals surface area (Å²) >= 11 is 6.51. The number of aromatic nitrogens is 2. The zero-order valence-electron chi connectivity index (χ0n) is 20.7. The first kappa shape index (κ1) is 24.1. The molecule has 36 heavy (non-hydrogen) atoms. The molecule has 2 heterocycles. The molecule has 184 valence electrons. The molecule has 5 nitrogen and oxygen atoms in total. The van der Waals surface area contributed by atoms with E-state index in [0.29, 0.717) is 16.7 Å². The van der Waals surface area contributed by atoms with Gasteiger partial charge < -0.3 is 9.64 Å². The van der Waals surface area contributed by atoms with Gasteiger partial charge in [0.1, 0.15) is 5.75 Å². The number of hydrogen-bond donors (Lipinski definition) is 0. The van der Waals surface area contributed by atoms with E-state index in [4.69, 9.17) is 21.4 Å². The lowest BCUT2D eigenvalue weighted by Gasteiger charge is -2.25. The summed E-state index contributed by atoms with van der Waals surface area (Å²) in [5.74, 6) is 0.854. The van der Waals surface area contributed by atoms with Gasteiger partial charge in [-0.15, -0.1) is 0 Å². The number of ether oxygens (including phenoxy) is 1. The van der Waals surface area contributed by atoms with E-state index in [1.807, 2.05) is 53.2 Å². The predicted molar refractivity (Wildman–Crippen MR) is 145 cm³/mol. The van der Waals surface area contributed by atoms with Crippen LogP contribution >= 0.6 is 11.6 Å². The van der Waals surface area contributed by atoms with E-state index in [2.05, 4.69) is 44.2 Å². The fourth-order valence-corrected chi connectivity index (χ4v) is 4.72. The van der Waals surface area contributed by atoms with E-state index in [1.54, 1.807) is 4.90 Å². The lowest BCUT2D eigenvalue weighted by molar-refractivity contribution is 0.142. The molecule has 1 saturated heterocycles. The van der Waals surface area contributed by atoms with Crippen molar-refractivity contribution in [1.29, 1.82) is 0 Å². The van der Waals surface area contributed by atoms with Crippen molar-refractivity contribution in [1.82, 2.24) is 14.7 Å². The summed E-state index contributed by atoms with van der Waals surface area (Å²) in [7, 11) is 0. The van der Waals surface area contributed by atoms with Crippen LogP contribution in [0.15, 0.2) is 78.9 Å². The molecule has 1 aromatic heterocycles. The number of carbonyl (C=O) groups excluding carboxylic acids is 1. The minimum Gasteiger partial charge on any atom is -0.410 e. The number of benzene rings is 3. The number of likely N-dealkylation sites (tertiary alicyclic amines) is 1. The Balaban J connectivity index is 1.41. The van der Waals surface area contributed by atoms with Crippen molar-refractivity contribution in [2.45, 2.75) is 39.0 Å². The Bertz CT molecular complexity index is 1350. The summed E-state index contributed by atoms with van der Waals surface area (Å²) in [6.45, 7) is 5.81. The van der Waals surface area contributed by atoms with Crippen LogP contribution in [-0.2, 0) is 0 Å². The van der Waals surface area contributed by atoms with Crippen LogP contribution in [0.5, 0.6) is 5.75 Å². The molecule has 0 unspecified atom stereocenters. The van der Waals surface area contributed by atoms with Crippen LogP contribution in [-0.4, -0.2) is 33.9 Å². The molecule has 4 aromatic rings. The monoisotopic (exact) mass is 499 g/mol. The number of para-hydroxylation sites is 1. The quantitative estimate of drug-likeness (QED) is 0.279. The Morgan fingerprint density at radius 1 is 0.861 bits per heavy atom. The number of rotatable bonds is 5. The molecule has 1 aliphatic rings. The van der Waals surface area contributed by atoms with Gasteiger partial charge in [0.15, 0.2) is 0 Å². The second-order valence-corrected chi connectivity index (χ2v) is 9.90. The summed E-state index contributed by atoms with van der Waals surface area (Å²) in [4.78, 5) is 14.3. The maximum Gasteiger partial charge on any atom is 0.415 e. The van der Waals surface area contributed by atoms with Gasteiger partial charge >= 0.3 is 6.09 Å². The van der Waals surface area contributed by atoms with Crippen LogP contribution in [0.4, 0.5) is 4.79 Å². The summed E-state index contributed by atoms with van der Waals surface area (Å²) < 4.78 is 7.60. The first-order chi connectivity index (χ1) is 17.5. The predicted octanol–water partition coefficient (Wildman–Crippen LogP) is 7.97. The lowest BCUT2D eigenvalue weighted by atomic mass is 10.0. The van der Waals surface area contributed by atoms with Crippen LogP contribution in [0.1, 0.15) is 44.7 Å². The van der Waals surface area contributed by atoms with E-state index < -0.39 is 0 Å². The fraction of sp³-hybridized carbons (Fsp3) is 0.267. The minimum atomic E-state index is -0.268. The number of hydrogen-bond acceptors (Lipinski definition) is 3. The average molecular weight is 500 g/mol. The molecule has 1 amide bonds. The van der Waals surface area contributed by atoms with Crippen LogP contribution in [0.2, 0.25) is 5.02 Å². The molecule has 3 aromatic carbocycles. The summed E-state index contributed by atoms with van der Waals surface area (Å²) in [5.41, 5.74) is 5.94. The molecule has 6 heteroatoms. The first-order valence-corrected chi connectivity index (χ1v) is 12.9. The summed E-state index contributed by atoms with van der Waals surface area (Å²) in [6, 6.07) is 25.9. The zero-order valence-corrected chi connectivity index (χ0v) is 21.4. The molecule has 0 spiro atoms. The largest absolute Gasteiger partial charge is 0.415 e. The Labute approximate surface area is 217 Å². The highest BCUT2D eigenvalue weighted by atomic mass is 35.5. The molecule has 0 aliphatic carbocycles. The number of piperidine rings is 1. The van der Waals surface area contributed by atoms with Gasteiger partial charge in [-0.3, -0.25) is 0 Å². The summed E-state index contributed by atoms with van der Waals surface area (Å²) in [5, 5.41) is 5.51. The first-order valence-electron chi connectivity index (χ1n) is 12.5. The minimum absolute atomic E-state index is 0.268. The maximum absolute atomic E-state index is 12.5. The molecule has 5 rings (SSSR count). The topological polar surface area (TPSA) is 47.4 Å². The van der Waals surface area contributed by atoms with E-state index in [-0.39, 0.29) is 6.09 Å². The van der Waals surface area contributed by atoms with E-state index in [0.717, 1.165) is 59.7 Å². The second-order valence-electron chi connectivity index (χ2n) is 9.49. The van der Waals surface area contributed by atoms with Crippen LogP contribution < -0.4 is 4.74 Å². The number of nitrogens with zero attached hydrogens (tertiary/aromatic N) is 3.